The van der Waals surface area contributed by atoms with Crippen molar-refractivity contribution in [3.05, 3.63) is 190 Å². The average Bonchev–Trinajstić information content (AvgIpc) is 3.84. The average molecular weight is 867 g/mol. The standard InChI is InChI=1S/C59H55BN2S2/c1-35-19-24-40(25-20-35)62-50-30-36(2)29-49-53(50)60(55-54(62)41-31-38(57(6,7)8)23-28-51(41)64-55)47-33-52-46(32-48(47)61(49)39-26-21-37(22-27-39)56(3,4)5)59(34-63-52)44-17-13-11-15-42(44)58(9,10)43-16-12-14-18-45(43)59/h11-33H,34H2,1-10H3. The van der Waals surface area contributed by atoms with Gasteiger partial charge in [0.15, 0.2) is 0 Å². The van der Waals surface area contributed by atoms with E-state index in [1.54, 1.807) is 0 Å². The second kappa shape index (κ2) is 13.5. The van der Waals surface area contributed by atoms with Crippen molar-refractivity contribution in [2.75, 3.05) is 15.6 Å². The topological polar surface area (TPSA) is 6.48 Å². The van der Waals surface area contributed by atoms with E-state index in [0.717, 1.165) is 5.75 Å². The van der Waals surface area contributed by atoms with Crippen molar-refractivity contribution in [3.63, 3.8) is 0 Å². The lowest BCUT2D eigenvalue weighted by Crippen LogP contribution is -2.60. The van der Waals surface area contributed by atoms with Crippen LogP contribution in [-0.4, -0.2) is 12.5 Å². The van der Waals surface area contributed by atoms with E-state index in [0.29, 0.717) is 0 Å². The summed E-state index contributed by atoms with van der Waals surface area (Å²) >= 11 is 4.06. The number of aryl methyl sites for hydroxylation is 2. The summed E-state index contributed by atoms with van der Waals surface area (Å²) in [5.74, 6) is 0.975. The molecule has 3 aliphatic heterocycles. The molecule has 0 saturated carbocycles. The van der Waals surface area contributed by atoms with Crippen LogP contribution in [0.4, 0.5) is 34.1 Å². The smallest absolute Gasteiger partial charge is 0.264 e. The zero-order chi connectivity index (χ0) is 44.2. The zero-order valence-corrected chi connectivity index (χ0v) is 40.4. The second-order valence-corrected chi connectivity index (χ2v) is 23.6. The number of fused-ring (bicyclic) bond motifs is 12. The Balaban J connectivity index is 1.19. The molecule has 0 unspecified atom stereocenters. The van der Waals surface area contributed by atoms with Crippen molar-refractivity contribution >= 4 is 89.7 Å². The summed E-state index contributed by atoms with van der Waals surface area (Å²) in [6.07, 6.45) is 0. The van der Waals surface area contributed by atoms with E-state index < -0.39 is 0 Å². The van der Waals surface area contributed by atoms with Crippen molar-refractivity contribution in [1.82, 2.24) is 0 Å². The molecule has 1 aromatic heterocycles. The van der Waals surface area contributed by atoms with Crippen LogP contribution in [0.3, 0.4) is 0 Å². The van der Waals surface area contributed by atoms with Gasteiger partial charge in [-0.25, -0.2) is 0 Å². The molecule has 316 valence electrons. The first-order valence-electron chi connectivity index (χ1n) is 23.1. The van der Waals surface area contributed by atoms with Crippen molar-refractivity contribution in [2.24, 2.45) is 0 Å². The van der Waals surface area contributed by atoms with Crippen molar-refractivity contribution in [3.8, 4) is 0 Å². The predicted molar refractivity (Wildman–Crippen MR) is 278 cm³/mol. The lowest BCUT2D eigenvalue weighted by molar-refractivity contribution is 0.547. The molecule has 4 heterocycles. The van der Waals surface area contributed by atoms with Gasteiger partial charge in [0.05, 0.1) is 11.1 Å². The van der Waals surface area contributed by atoms with Gasteiger partial charge in [0.25, 0.3) is 6.71 Å². The molecule has 0 radical (unpaired) electrons. The summed E-state index contributed by atoms with van der Waals surface area (Å²) in [6, 6.07) is 54.9. The van der Waals surface area contributed by atoms with Gasteiger partial charge < -0.3 is 9.80 Å². The van der Waals surface area contributed by atoms with Crippen LogP contribution in [0.25, 0.3) is 10.1 Å². The largest absolute Gasteiger partial charge is 0.311 e. The van der Waals surface area contributed by atoms with Gasteiger partial charge >= 0.3 is 0 Å². The van der Waals surface area contributed by atoms with Crippen molar-refractivity contribution in [1.29, 1.82) is 0 Å². The van der Waals surface area contributed by atoms with Crippen LogP contribution in [0.15, 0.2) is 144 Å². The summed E-state index contributed by atoms with van der Waals surface area (Å²) in [4.78, 5) is 6.65. The molecule has 2 nitrogen and oxygen atoms in total. The van der Waals surface area contributed by atoms with Crippen LogP contribution in [0.1, 0.15) is 105 Å². The molecular weight excluding hydrogens is 812 g/mol. The van der Waals surface area contributed by atoms with E-state index in [2.05, 4.69) is 230 Å². The monoisotopic (exact) mass is 866 g/mol. The molecule has 8 aromatic rings. The molecule has 0 saturated heterocycles. The third-order valence-corrected chi connectivity index (χ3v) is 17.5. The van der Waals surface area contributed by atoms with E-state index in [1.165, 1.54) is 115 Å². The Morgan fingerprint density at radius 3 is 1.73 bits per heavy atom. The first-order chi connectivity index (χ1) is 30.6. The van der Waals surface area contributed by atoms with Crippen LogP contribution in [0.2, 0.25) is 0 Å². The Morgan fingerprint density at radius 2 is 1.11 bits per heavy atom. The van der Waals surface area contributed by atoms with Gasteiger partial charge in [0, 0.05) is 59.4 Å². The Bertz CT molecular complexity index is 3200. The van der Waals surface area contributed by atoms with Gasteiger partial charge in [-0.15, -0.1) is 23.1 Å². The fraction of sp³-hybridized carbons (Fsp3) is 0.254. The molecular formula is C59H55BN2S2. The van der Waals surface area contributed by atoms with E-state index in [1.807, 2.05) is 11.3 Å². The maximum absolute atomic E-state index is 2.65. The van der Waals surface area contributed by atoms with Gasteiger partial charge in [-0.05, 0) is 135 Å². The number of rotatable bonds is 2. The highest BCUT2D eigenvalue weighted by molar-refractivity contribution is 7.99. The number of benzene rings is 7. The van der Waals surface area contributed by atoms with Crippen LogP contribution in [0.5, 0.6) is 0 Å². The molecule has 1 spiro atoms. The van der Waals surface area contributed by atoms with E-state index in [4.69, 9.17) is 0 Å². The van der Waals surface area contributed by atoms with E-state index >= 15 is 0 Å². The molecule has 7 aromatic carbocycles. The maximum atomic E-state index is 2.65. The first-order valence-corrected chi connectivity index (χ1v) is 24.9. The van der Waals surface area contributed by atoms with Crippen LogP contribution >= 0.6 is 23.1 Å². The van der Waals surface area contributed by atoms with Crippen molar-refractivity contribution in [2.45, 2.75) is 95.8 Å². The van der Waals surface area contributed by atoms with Gasteiger partial charge in [-0.3, -0.25) is 0 Å². The molecule has 0 bridgehead atoms. The molecule has 12 rings (SSSR count). The van der Waals surface area contributed by atoms with Crippen LogP contribution in [0, 0.1) is 13.8 Å². The Hall–Kier alpha value is -5.49. The number of hydrogen-bond acceptors (Lipinski definition) is 4. The zero-order valence-electron chi connectivity index (χ0n) is 38.8. The normalized spacial score (nSPS) is 16.3. The third-order valence-electron chi connectivity index (χ3n) is 15.1. The lowest BCUT2D eigenvalue weighted by atomic mass is 9.36. The second-order valence-electron chi connectivity index (χ2n) is 21.5. The summed E-state index contributed by atoms with van der Waals surface area (Å²) in [6.45, 7) is 23.3. The number of hydrogen-bond donors (Lipinski definition) is 0. The molecule has 0 amide bonds. The minimum atomic E-state index is -0.279. The number of thiophene rings is 1. The molecule has 4 aliphatic rings. The number of nitrogens with zero attached hydrogens (tertiary/aromatic N) is 2. The van der Waals surface area contributed by atoms with Gasteiger partial charge in [-0.2, -0.15) is 0 Å². The van der Waals surface area contributed by atoms with E-state index in [-0.39, 0.29) is 28.4 Å². The highest BCUT2D eigenvalue weighted by Gasteiger charge is 2.53. The van der Waals surface area contributed by atoms with Crippen LogP contribution in [-0.2, 0) is 21.7 Å². The number of thioether (sulfide) groups is 1. The third kappa shape index (κ3) is 5.53. The van der Waals surface area contributed by atoms with Gasteiger partial charge in [-0.1, -0.05) is 146 Å². The number of anilines is 6. The highest BCUT2D eigenvalue weighted by atomic mass is 32.2. The predicted octanol–water partition coefficient (Wildman–Crippen LogP) is 14.3. The Morgan fingerprint density at radius 1 is 0.547 bits per heavy atom. The summed E-state index contributed by atoms with van der Waals surface area (Å²) < 4.78 is 2.77. The SMILES string of the molecule is Cc1ccc(N2c3cc(C)cc4c3B(c3cc5c(cc3N4c3ccc(C(C)(C)C)cc3)C3(CS5)c4ccccc4C(C)(C)c4ccccc43)c3sc4ccc(C(C)(C)C)cc4c32)cc1. The minimum Gasteiger partial charge on any atom is -0.311 e. The highest BCUT2D eigenvalue weighted by Crippen LogP contribution is 2.60. The fourth-order valence-electron chi connectivity index (χ4n) is 11.7. The van der Waals surface area contributed by atoms with Crippen molar-refractivity contribution < 1.29 is 0 Å². The molecule has 1 aliphatic carbocycles. The Kier molecular flexibility index (Phi) is 8.47. The molecule has 0 fully saturated rings. The van der Waals surface area contributed by atoms with Gasteiger partial charge in [0.2, 0.25) is 0 Å². The fourth-order valence-corrected chi connectivity index (χ4v) is 14.4. The maximum Gasteiger partial charge on any atom is 0.264 e. The quantitative estimate of drug-likeness (QED) is 0.160. The first kappa shape index (κ1) is 40.1. The minimum absolute atomic E-state index is 0.0216. The lowest BCUT2D eigenvalue weighted by Gasteiger charge is -2.46. The molecule has 64 heavy (non-hydrogen) atoms. The molecule has 0 atom stereocenters. The molecule has 0 N–H and O–H groups in total. The summed E-state index contributed by atoms with van der Waals surface area (Å²) in [5, 5.41) is 1.34. The Labute approximate surface area is 388 Å². The summed E-state index contributed by atoms with van der Waals surface area (Å²) in [5.41, 5.74) is 22.5. The summed E-state index contributed by atoms with van der Waals surface area (Å²) in [7, 11) is 0. The molecule has 5 heteroatoms. The van der Waals surface area contributed by atoms with Gasteiger partial charge in [0.1, 0.15) is 0 Å². The van der Waals surface area contributed by atoms with Crippen LogP contribution < -0.4 is 25.5 Å². The van der Waals surface area contributed by atoms with E-state index in [9.17, 15) is 0 Å².